The molecule has 2 aromatic rings. The number of para-hydroxylation sites is 1. The Hall–Kier alpha value is -2.82. The minimum absolute atomic E-state index is 0.110. The van der Waals surface area contributed by atoms with E-state index in [9.17, 15) is 9.59 Å². The number of amides is 2. The van der Waals surface area contributed by atoms with Crippen LogP contribution in [0, 0.1) is 0 Å². The fourth-order valence-corrected chi connectivity index (χ4v) is 3.04. The average Bonchev–Trinajstić information content (AvgIpc) is 3.13. The van der Waals surface area contributed by atoms with Gasteiger partial charge in [0.2, 0.25) is 5.91 Å². The van der Waals surface area contributed by atoms with Crippen LogP contribution in [0.5, 0.6) is 5.75 Å². The fourth-order valence-electron chi connectivity index (χ4n) is 3.04. The molecule has 0 saturated carbocycles. The van der Waals surface area contributed by atoms with Crippen molar-refractivity contribution < 1.29 is 14.3 Å². The molecular formula is C20H22N2O3. The molecule has 1 heterocycles. The van der Waals surface area contributed by atoms with Crippen molar-refractivity contribution in [3.8, 4) is 5.75 Å². The highest BCUT2D eigenvalue weighted by molar-refractivity contribution is 5.87. The second kappa shape index (κ2) is 7.83. The highest BCUT2D eigenvalue weighted by Crippen LogP contribution is 2.21. The first-order valence-corrected chi connectivity index (χ1v) is 8.54. The third-order valence-electron chi connectivity index (χ3n) is 4.40. The highest BCUT2D eigenvalue weighted by Gasteiger charge is 2.35. The first-order valence-electron chi connectivity index (χ1n) is 8.54. The maximum atomic E-state index is 12.6. The van der Waals surface area contributed by atoms with E-state index in [-0.39, 0.29) is 11.9 Å². The number of ether oxygens (including phenoxy) is 1. The van der Waals surface area contributed by atoms with E-state index in [2.05, 4.69) is 5.32 Å². The largest absolute Gasteiger partial charge is 0.415 e. The van der Waals surface area contributed by atoms with Gasteiger partial charge in [-0.25, -0.2) is 4.79 Å². The van der Waals surface area contributed by atoms with Crippen molar-refractivity contribution in [2.75, 3.05) is 6.54 Å². The molecule has 2 amide bonds. The molecule has 0 radical (unpaired) electrons. The maximum Gasteiger partial charge on any atom is 0.415 e. The summed E-state index contributed by atoms with van der Waals surface area (Å²) in [6, 6.07) is 18.1. The van der Waals surface area contributed by atoms with Crippen LogP contribution in [-0.2, 0) is 4.79 Å². The zero-order chi connectivity index (χ0) is 17.6. The molecule has 5 heteroatoms. The van der Waals surface area contributed by atoms with E-state index in [1.54, 1.807) is 24.3 Å². The number of rotatable bonds is 4. The Morgan fingerprint density at radius 1 is 1.08 bits per heavy atom. The molecule has 25 heavy (non-hydrogen) atoms. The van der Waals surface area contributed by atoms with Crippen LogP contribution in [0.1, 0.15) is 31.4 Å². The van der Waals surface area contributed by atoms with Crippen molar-refractivity contribution in [2.45, 2.75) is 31.8 Å². The minimum atomic E-state index is -0.484. The van der Waals surface area contributed by atoms with Crippen LogP contribution in [0.3, 0.4) is 0 Å². The third-order valence-corrected chi connectivity index (χ3v) is 4.40. The van der Waals surface area contributed by atoms with Crippen LogP contribution in [0.25, 0.3) is 0 Å². The van der Waals surface area contributed by atoms with Crippen molar-refractivity contribution in [3.05, 3.63) is 66.2 Å². The Morgan fingerprint density at radius 2 is 1.72 bits per heavy atom. The molecule has 0 unspecified atom stereocenters. The average molecular weight is 338 g/mol. The SMILES string of the molecule is C[C@H](NC(=O)[C@@H]1CCCN1C(=O)Oc1ccccc1)c1ccccc1. The number of likely N-dealkylation sites (tertiary alicyclic amines) is 1. The summed E-state index contributed by atoms with van der Waals surface area (Å²) < 4.78 is 5.38. The lowest BCUT2D eigenvalue weighted by Gasteiger charge is -2.25. The predicted octanol–water partition coefficient (Wildman–Crippen LogP) is 3.53. The molecule has 2 atom stereocenters. The van der Waals surface area contributed by atoms with E-state index in [0.29, 0.717) is 18.7 Å². The van der Waals surface area contributed by atoms with Crippen molar-refractivity contribution in [1.29, 1.82) is 0 Å². The number of carbonyl (C=O) groups excluding carboxylic acids is 2. The lowest BCUT2D eigenvalue weighted by Crippen LogP contribution is -2.47. The van der Waals surface area contributed by atoms with Gasteiger partial charge in [-0.05, 0) is 37.5 Å². The van der Waals surface area contributed by atoms with Crippen LogP contribution >= 0.6 is 0 Å². The van der Waals surface area contributed by atoms with Gasteiger partial charge >= 0.3 is 6.09 Å². The number of carbonyl (C=O) groups is 2. The molecule has 2 aromatic carbocycles. The summed E-state index contributed by atoms with van der Waals surface area (Å²) in [5.41, 5.74) is 1.03. The van der Waals surface area contributed by atoms with Crippen molar-refractivity contribution in [3.63, 3.8) is 0 Å². The Bertz CT molecular complexity index is 718. The lowest BCUT2D eigenvalue weighted by atomic mass is 10.1. The summed E-state index contributed by atoms with van der Waals surface area (Å²) in [5.74, 6) is 0.343. The quantitative estimate of drug-likeness (QED) is 0.928. The van der Waals surface area contributed by atoms with Crippen LogP contribution in [-0.4, -0.2) is 29.5 Å². The zero-order valence-corrected chi connectivity index (χ0v) is 14.2. The maximum absolute atomic E-state index is 12.6. The van der Waals surface area contributed by atoms with Gasteiger partial charge in [-0.1, -0.05) is 48.5 Å². The molecule has 0 bridgehead atoms. The van der Waals surface area contributed by atoms with Gasteiger partial charge in [0.25, 0.3) is 0 Å². The first kappa shape index (κ1) is 17.0. The van der Waals surface area contributed by atoms with Gasteiger partial charge in [-0.2, -0.15) is 0 Å². The molecular weight excluding hydrogens is 316 g/mol. The predicted molar refractivity (Wildman–Crippen MR) is 95.2 cm³/mol. The molecule has 1 N–H and O–H groups in total. The van der Waals surface area contributed by atoms with E-state index in [4.69, 9.17) is 4.74 Å². The third kappa shape index (κ3) is 4.18. The van der Waals surface area contributed by atoms with Gasteiger partial charge in [0, 0.05) is 6.54 Å². The zero-order valence-electron chi connectivity index (χ0n) is 14.2. The highest BCUT2D eigenvalue weighted by atomic mass is 16.6. The van der Waals surface area contributed by atoms with Gasteiger partial charge in [-0.3, -0.25) is 9.69 Å². The number of benzene rings is 2. The van der Waals surface area contributed by atoms with E-state index in [0.717, 1.165) is 12.0 Å². The van der Waals surface area contributed by atoms with Crippen LogP contribution in [0.15, 0.2) is 60.7 Å². The van der Waals surface area contributed by atoms with Crippen LogP contribution in [0.4, 0.5) is 4.79 Å². The van der Waals surface area contributed by atoms with Crippen molar-refractivity contribution >= 4 is 12.0 Å². The summed E-state index contributed by atoms with van der Waals surface area (Å²) in [4.78, 5) is 26.6. The number of nitrogens with one attached hydrogen (secondary N) is 1. The van der Waals surface area contributed by atoms with Crippen molar-refractivity contribution in [1.82, 2.24) is 10.2 Å². The van der Waals surface area contributed by atoms with Crippen LogP contribution in [0.2, 0.25) is 0 Å². The standard InChI is InChI=1S/C20H22N2O3/c1-15(16-9-4-2-5-10-16)21-19(23)18-13-8-14-22(18)20(24)25-17-11-6-3-7-12-17/h2-7,9-12,15,18H,8,13-14H2,1H3,(H,21,23)/t15-,18-/m0/s1. The number of nitrogens with zero attached hydrogens (tertiary/aromatic N) is 1. The Balaban J connectivity index is 1.62. The van der Waals surface area contributed by atoms with E-state index in [1.807, 2.05) is 43.3 Å². The van der Waals surface area contributed by atoms with Gasteiger partial charge in [-0.15, -0.1) is 0 Å². The van der Waals surface area contributed by atoms with Gasteiger partial charge in [0.05, 0.1) is 6.04 Å². The minimum Gasteiger partial charge on any atom is -0.410 e. The number of hydrogen-bond acceptors (Lipinski definition) is 3. The summed E-state index contributed by atoms with van der Waals surface area (Å²) in [6.07, 6.45) is 0.968. The lowest BCUT2D eigenvalue weighted by molar-refractivity contribution is -0.125. The normalized spacial score (nSPS) is 17.8. The molecule has 5 nitrogen and oxygen atoms in total. The molecule has 1 fully saturated rings. The monoisotopic (exact) mass is 338 g/mol. The summed E-state index contributed by atoms with van der Waals surface area (Å²) >= 11 is 0. The molecule has 3 rings (SSSR count). The summed E-state index contributed by atoms with van der Waals surface area (Å²) in [5, 5.41) is 3.00. The fraction of sp³-hybridized carbons (Fsp3) is 0.300. The molecule has 130 valence electrons. The van der Waals surface area contributed by atoms with Gasteiger partial charge in [0.1, 0.15) is 11.8 Å². The smallest absolute Gasteiger partial charge is 0.410 e. The molecule has 0 spiro atoms. The molecule has 1 saturated heterocycles. The van der Waals surface area contributed by atoms with Gasteiger partial charge in [0.15, 0.2) is 0 Å². The second-order valence-electron chi connectivity index (χ2n) is 6.17. The molecule has 1 aliphatic rings. The first-order chi connectivity index (χ1) is 12.1. The molecule has 0 aliphatic carbocycles. The number of hydrogen-bond donors (Lipinski definition) is 1. The van der Waals surface area contributed by atoms with E-state index >= 15 is 0 Å². The Kier molecular flexibility index (Phi) is 5.33. The van der Waals surface area contributed by atoms with Crippen LogP contribution < -0.4 is 10.1 Å². The van der Waals surface area contributed by atoms with Gasteiger partial charge < -0.3 is 10.1 Å². The summed E-state index contributed by atoms with van der Waals surface area (Å²) in [6.45, 7) is 2.47. The second-order valence-corrected chi connectivity index (χ2v) is 6.17. The van der Waals surface area contributed by atoms with E-state index < -0.39 is 12.1 Å². The Morgan fingerprint density at radius 3 is 2.40 bits per heavy atom. The van der Waals surface area contributed by atoms with E-state index in [1.165, 1.54) is 4.90 Å². The molecule has 0 aromatic heterocycles. The Labute approximate surface area is 147 Å². The summed E-state index contributed by atoms with van der Waals surface area (Å²) in [7, 11) is 0. The molecule has 1 aliphatic heterocycles. The topological polar surface area (TPSA) is 58.6 Å². The van der Waals surface area contributed by atoms with Crippen molar-refractivity contribution in [2.24, 2.45) is 0 Å².